The molecule has 1 saturated carbocycles. The van der Waals surface area contributed by atoms with E-state index in [0.717, 1.165) is 18.5 Å². The van der Waals surface area contributed by atoms with Gasteiger partial charge in [0.2, 0.25) is 0 Å². The molecule has 0 radical (unpaired) electrons. The molecule has 104 valence electrons. The van der Waals surface area contributed by atoms with Gasteiger partial charge in [-0.1, -0.05) is 19.4 Å². The minimum Gasteiger partial charge on any atom is -0.356 e. The van der Waals surface area contributed by atoms with E-state index in [4.69, 9.17) is 4.98 Å². The standard InChI is InChI=1S/C16H25N3/c1-2-13-5-4-10-19(12-13)16-7-3-6-15(18-16)11-17-14-8-9-14/h3,6-7,13-14,17H,2,4-5,8-12H2,1H3. The number of hydrogen-bond donors (Lipinski definition) is 1. The largest absolute Gasteiger partial charge is 0.356 e. The highest BCUT2D eigenvalue weighted by Gasteiger charge is 2.21. The Hall–Kier alpha value is -1.09. The molecule has 1 aromatic heterocycles. The Balaban J connectivity index is 1.63. The van der Waals surface area contributed by atoms with Gasteiger partial charge in [-0.15, -0.1) is 0 Å². The van der Waals surface area contributed by atoms with Crippen molar-refractivity contribution in [1.82, 2.24) is 10.3 Å². The molecule has 2 fully saturated rings. The Morgan fingerprint density at radius 3 is 3.00 bits per heavy atom. The van der Waals surface area contributed by atoms with Crippen LogP contribution in [0, 0.1) is 5.92 Å². The third-order valence-electron chi connectivity index (χ3n) is 4.36. The van der Waals surface area contributed by atoms with Gasteiger partial charge in [0.15, 0.2) is 0 Å². The normalized spacial score (nSPS) is 23.6. The van der Waals surface area contributed by atoms with Crippen LogP contribution < -0.4 is 10.2 Å². The van der Waals surface area contributed by atoms with Crippen LogP contribution in [0.1, 0.15) is 44.7 Å². The predicted octanol–water partition coefficient (Wildman–Crippen LogP) is 2.96. The lowest BCUT2D eigenvalue weighted by atomic mass is 9.96. The first-order chi connectivity index (χ1) is 9.35. The number of rotatable bonds is 5. The van der Waals surface area contributed by atoms with Crippen molar-refractivity contribution in [1.29, 1.82) is 0 Å². The summed E-state index contributed by atoms with van der Waals surface area (Å²) in [6.07, 6.45) is 6.66. The van der Waals surface area contributed by atoms with Crippen LogP contribution in [0.3, 0.4) is 0 Å². The average molecular weight is 259 g/mol. The van der Waals surface area contributed by atoms with Gasteiger partial charge < -0.3 is 10.2 Å². The van der Waals surface area contributed by atoms with E-state index < -0.39 is 0 Å². The maximum Gasteiger partial charge on any atom is 0.128 e. The van der Waals surface area contributed by atoms with Gasteiger partial charge in [0.25, 0.3) is 0 Å². The highest BCUT2D eigenvalue weighted by atomic mass is 15.2. The molecule has 3 heteroatoms. The monoisotopic (exact) mass is 259 g/mol. The van der Waals surface area contributed by atoms with Gasteiger partial charge in [0.05, 0.1) is 5.69 Å². The van der Waals surface area contributed by atoms with E-state index in [1.54, 1.807) is 0 Å². The van der Waals surface area contributed by atoms with E-state index in [9.17, 15) is 0 Å². The summed E-state index contributed by atoms with van der Waals surface area (Å²) >= 11 is 0. The van der Waals surface area contributed by atoms with Crippen LogP contribution in [0.15, 0.2) is 18.2 Å². The van der Waals surface area contributed by atoms with Crippen molar-refractivity contribution in [3.63, 3.8) is 0 Å². The van der Waals surface area contributed by atoms with Crippen LogP contribution in [0.5, 0.6) is 0 Å². The summed E-state index contributed by atoms with van der Waals surface area (Å²) in [4.78, 5) is 7.30. The van der Waals surface area contributed by atoms with Crippen molar-refractivity contribution in [2.24, 2.45) is 5.92 Å². The average Bonchev–Trinajstić information content (AvgIpc) is 3.30. The summed E-state index contributed by atoms with van der Waals surface area (Å²) < 4.78 is 0. The molecule has 1 saturated heterocycles. The zero-order valence-corrected chi connectivity index (χ0v) is 11.9. The van der Waals surface area contributed by atoms with E-state index in [1.807, 2.05) is 0 Å². The Morgan fingerprint density at radius 1 is 1.32 bits per heavy atom. The molecular weight excluding hydrogens is 234 g/mol. The van der Waals surface area contributed by atoms with Crippen molar-refractivity contribution in [3.05, 3.63) is 23.9 Å². The zero-order valence-electron chi connectivity index (χ0n) is 11.9. The molecule has 0 amide bonds. The number of pyridine rings is 1. The van der Waals surface area contributed by atoms with Crippen molar-refractivity contribution in [2.45, 2.75) is 51.6 Å². The summed E-state index contributed by atoms with van der Waals surface area (Å²) in [6, 6.07) is 7.21. The van der Waals surface area contributed by atoms with Crippen LogP contribution in [-0.4, -0.2) is 24.1 Å². The lowest BCUT2D eigenvalue weighted by Gasteiger charge is -2.33. The van der Waals surface area contributed by atoms with E-state index in [0.29, 0.717) is 0 Å². The van der Waals surface area contributed by atoms with Gasteiger partial charge in [-0.25, -0.2) is 4.98 Å². The molecule has 1 aliphatic carbocycles. The number of piperidine rings is 1. The topological polar surface area (TPSA) is 28.2 Å². The summed E-state index contributed by atoms with van der Waals surface area (Å²) in [5, 5.41) is 3.54. The van der Waals surface area contributed by atoms with Crippen LogP contribution in [-0.2, 0) is 6.54 Å². The van der Waals surface area contributed by atoms with Crippen molar-refractivity contribution >= 4 is 5.82 Å². The van der Waals surface area contributed by atoms with Crippen molar-refractivity contribution in [3.8, 4) is 0 Å². The molecule has 3 nitrogen and oxygen atoms in total. The fourth-order valence-electron chi connectivity index (χ4n) is 2.88. The van der Waals surface area contributed by atoms with E-state index >= 15 is 0 Å². The summed E-state index contributed by atoms with van der Waals surface area (Å²) in [5.41, 5.74) is 1.18. The van der Waals surface area contributed by atoms with Gasteiger partial charge >= 0.3 is 0 Å². The van der Waals surface area contributed by atoms with Gasteiger partial charge in [-0.05, 0) is 43.7 Å². The van der Waals surface area contributed by atoms with E-state index in [2.05, 4.69) is 35.3 Å². The highest BCUT2D eigenvalue weighted by Crippen LogP contribution is 2.24. The quantitative estimate of drug-likeness (QED) is 0.881. The van der Waals surface area contributed by atoms with Gasteiger partial charge in [0.1, 0.15) is 5.82 Å². The molecule has 1 aromatic rings. The second-order valence-electron chi connectivity index (χ2n) is 6.00. The molecule has 1 atom stereocenters. The van der Waals surface area contributed by atoms with Crippen molar-refractivity contribution < 1.29 is 0 Å². The molecule has 1 N–H and O–H groups in total. The first-order valence-corrected chi connectivity index (χ1v) is 7.79. The fraction of sp³-hybridized carbons (Fsp3) is 0.688. The maximum absolute atomic E-state index is 4.83. The lowest BCUT2D eigenvalue weighted by Crippen LogP contribution is -2.35. The Kier molecular flexibility index (Phi) is 4.02. The van der Waals surface area contributed by atoms with E-state index in [1.165, 1.54) is 56.7 Å². The molecule has 0 aromatic carbocycles. The Bertz CT molecular complexity index is 414. The molecule has 2 aliphatic rings. The van der Waals surface area contributed by atoms with Crippen LogP contribution in [0.2, 0.25) is 0 Å². The van der Waals surface area contributed by atoms with Crippen LogP contribution in [0.4, 0.5) is 5.82 Å². The smallest absolute Gasteiger partial charge is 0.128 e. The molecule has 2 heterocycles. The first kappa shape index (κ1) is 12.9. The maximum atomic E-state index is 4.83. The summed E-state index contributed by atoms with van der Waals surface area (Å²) in [5.74, 6) is 2.03. The van der Waals surface area contributed by atoms with Crippen LogP contribution >= 0.6 is 0 Å². The second kappa shape index (κ2) is 5.91. The fourth-order valence-corrected chi connectivity index (χ4v) is 2.88. The number of aromatic nitrogens is 1. The number of anilines is 1. The predicted molar refractivity (Wildman–Crippen MR) is 79.3 cm³/mol. The molecule has 1 aliphatic heterocycles. The molecular formula is C16H25N3. The lowest BCUT2D eigenvalue weighted by molar-refractivity contribution is 0.403. The molecule has 0 bridgehead atoms. The minimum absolute atomic E-state index is 0.755. The number of nitrogens with one attached hydrogen (secondary N) is 1. The van der Waals surface area contributed by atoms with Gasteiger partial charge in [0, 0.05) is 25.7 Å². The third-order valence-corrected chi connectivity index (χ3v) is 4.36. The Labute approximate surface area is 116 Å². The molecule has 19 heavy (non-hydrogen) atoms. The first-order valence-electron chi connectivity index (χ1n) is 7.79. The SMILES string of the molecule is CCC1CCCN(c2cccc(CNC3CC3)n2)C1. The molecule has 1 unspecified atom stereocenters. The summed E-state index contributed by atoms with van der Waals surface area (Å²) in [7, 11) is 0. The Morgan fingerprint density at radius 2 is 2.21 bits per heavy atom. The number of nitrogens with zero attached hydrogens (tertiary/aromatic N) is 2. The third kappa shape index (κ3) is 3.47. The van der Waals surface area contributed by atoms with Crippen LogP contribution in [0.25, 0.3) is 0 Å². The molecule has 0 spiro atoms. The number of hydrogen-bond acceptors (Lipinski definition) is 3. The van der Waals surface area contributed by atoms with E-state index in [-0.39, 0.29) is 0 Å². The van der Waals surface area contributed by atoms with Crippen molar-refractivity contribution in [2.75, 3.05) is 18.0 Å². The second-order valence-corrected chi connectivity index (χ2v) is 6.00. The minimum atomic E-state index is 0.755. The van der Waals surface area contributed by atoms with Gasteiger partial charge in [-0.3, -0.25) is 0 Å². The van der Waals surface area contributed by atoms with Gasteiger partial charge in [-0.2, -0.15) is 0 Å². The summed E-state index contributed by atoms with van der Waals surface area (Å²) in [6.45, 7) is 5.58. The zero-order chi connectivity index (χ0) is 13.1. The highest BCUT2D eigenvalue weighted by molar-refractivity contribution is 5.39. The molecule has 3 rings (SSSR count).